The fourth-order valence-corrected chi connectivity index (χ4v) is 4.97. The van der Waals surface area contributed by atoms with Crippen molar-refractivity contribution in [2.75, 3.05) is 32.9 Å². The number of carbonyl (C=O) groups is 1. The highest BCUT2D eigenvalue weighted by Crippen LogP contribution is 2.24. The summed E-state index contributed by atoms with van der Waals surface area (Å²) in [5.74, 6) is 0.701. The van der Waals surface area contributed by atoms with Crippen LogP contribution in [0.25, 0.3) is 0 Å². The summed E-state index contributed by atoms with van der Waals surface area (Å²) in [6, 6.07) is 13.3. The summed E-state index contributed by atoms with van der Waals surface area (Å²) < 4.78 is 43.6. The predicted octanol–water partition coefficient (Wildman–Crippen LogP) is 3.50. The Morgan fingerprint density at radius 3 is 2.20 bits per heavy atom. The molecule has 8 heteroatoms. The van der Waals surface area contributed by atoms with Crippen LogP contribution in [-0.2, 0) is 14.8 Å². The van der Waals surface area contributed by atoms with Gasteiger partial charge in [0.05, 0.1) is 17.1 Å². The first kappa shape index (κ1) is 22.1. The lowest BCUT2D eigenvalue weighted by Crippen LogP contribution is -2.36. The normalized spacial score (nSPS) is 14.8. The molecule has 162 valence electrons. The molecule has 7 nitrogen and oxygen atoms in total. The van der Waals surface area contributed by atoms with E-state index in [-0.39, 0.29) is 23.7 Å². The van der Waals surface area contributed by atoms with E-state index in [1.807, 2.05) is 6.92 Å². The van der Waals surface area contributed by atoms with E-state index in [4.69, 9.17) is 14.2 Å². The van der Waals surface area contributed by atoms with Gasteiger partial charge >= 0.3 is 5.97 Å². The number of carbonyl (C=O) groups excluding carboxylic acids is 1. The van der Waals surface area contributed by atoms with Gasteiger partial charge in [0.1, 0.15) is 24.7 Å². The number of esters is 1. The Labute approximate surface area is 177 Å². The van der Waals surface area contributed by atoms with Crippen LogP contribution in [0, 0.1) is 0 Å². The van der Waals surface area contributed by atoms with Crippen LogP contribution in [0.5, 0.6) is 11.5 Å². The van der Waals surface area contributed by atoms with E-state index in [9.17, 15) is 13.2 Å². The molecular weight excluding hydrogens is 406 g/mol. The van der Waals surface area contributed by atoms with Crippen LogP contribution in [0.3, 0.4) is 0 Å². The lowest BCUT2D eigenvalue weighted by molar-refractivity contribution is 0.0445. The molecule has 1 saturated heterocycles. The molecule has 0 radical (unpaired) electrons. The highest BCUT2D eigenvalue weighted by atomic mass is 32.2. The van der Waals surface area contributed by atoms with Crippen LogP contribution in [0.2, 0.25) is 0 Å². The summed E-state index contributed by atoms with van der Waals surface area (Å²) in [4.78, 5) is 12.5. The van der Waals surface area contributed by atoms with E-state index in [0.29, 0.717) is 25.4 Å². The largest absolute Gasteiger partial charge is 0.494 e. The molecule has 1 aliphatic heterocycles. The van der Waals surface area contributed by atoms with Gasteiger partial charge in [0.2, 0.25) is 10.0 Å². The molecule has 1 aliphatic rings. The molecule has 1 fully saturated rings. The van der Waals surface area contributed by atoms with Crippen molar-refractivity contribution in [2.24, 2.45) is 0 Å². The second-order valence-electron chi connectivity index (χ2n) is 6.85. The number of hydrogen-bond donors (Lipinski definition) is 0. The van der Waals surface area contributed by atoms with Crippen LogP contribution in [-0.4, -0.2) is 51.6 Å². The Morgan fingerprint density at radius 2 is 1.53 bits per heavy atom. The lowest BCUT2D eigenvalue weighted by Gasteiger charge is -2.26. The van der Waals surface area contributed by atoms with Gasteiger partial charge in [-0.15, -0.1) is 0 Å². The van der Waals surface area contributed by atoms with Crippen LogP contribution >= 0.6 is 0 Å². The van der Waals surface area contributed by atoms with E-state index in [1.165, 1.54) is 16.4 Å². The third kappa shape index (κ3) is 5.52. The highest BCUT2D eigenvalue weighted by molar-refractivity contribution is 7.89. The van der Waals surface area contributed by atoms with Gasteiger partial charge in [-0.3, -0.25) is 0 Å². The maximum absolute atomic E-state index is 13.0. The van der Waals surface area contributed by atoms with Crippen molar-refractivity contribution in [1.29, 1.82) is 0 Å². The Balaban J connectivity index is 1.58. The second kappa shape index (κ2) is 10.4. The summed E-state index contributed by atoms with van der Waals surface area (Å²) in [6.07, 6.45) is 2.67. The van der Waals surface area contributed by atoms with Crippen molar-refractivity contribution < 1.29 is 27.4 Å². The average molecular weight is 434 g/mol. The van der Waals surface area contributed by atoms with Crippen LogP contribution in [0.1, 0.15) is 36.5 Å². The number of nitrogens with zero attached hydrogens (tertiary/aromatic N) is 1. The molecule has 0 aromatic heterocycles. The molecule has 0 atom stereocenters. The zero-order valence-corrected chi connectivity index (χ0v) is 17.9. The Bertz CT molecular complexity index is 936. The van der Waals surface area contributed by atoms with E-state index in [0.717, 1.165) is 25.0 Å². The quantitative estimate of drug-likeness (QED) is 0.445. The number of hydrogen-bond acceptors (Lipinski definition) is 6. The molecule has 1 heterocycles. The SMILES string of the molecule is CCOc1ccc(OCCOC(=O)c2ccccc2S(=O)(=O)N2CCCCC2)cc1. The van der Waals surface area contributed by atoms with Crippen molar-refractivity contribution >= 4 is 16.0 Å². The summed E-state index contributed by atoms with van der Waals surface area (Å²) in [6.45, 7) is 3.61. The van der Waals surface area contributed by atoms with E-state index in [2.05, 4.69) is 0 Å². The summed E-state index contributed by atoms with van der Waals surface area (Å²) in [7, 11) is -3.73. The van der Waals surface area contributed by atoms with Crippen molar-refractivity contribution in [3.8, 4) is 11.5 Å². The van der Waals surface area contributed by atoms with Crippen LogP contribution in [0.4, 0.5) is 0 Å². The average Bonchev–Trinajstić information content (AvgIpc) is 2.78. The van der Waals surface area contributed by atoms with E-state index < -0.39 is 16.0 Å². The number of ether oxygens (including phenoxy) is 3. The van der Waals surface area contributed by atoms with Gasteiger partial charge in [-0.05, 0) is 56.2 Å². The minimum atomic E-state index is -3.73. The monoisotopic (exact) mass is 433 g/mol. The van der Waals surface area contributed by atoms with Crippen LogP contribution < -0.4 is 9.47 Å². The van der Waals surface area contributed by atoms with Crippen molar-refractivity contribution in [3.63, 3.8) is 0 Å². The van der Waals surface area contributed by atoms with E-state index >= 15 is 0 Å². The predicted molar refractivity (Wildman–Crippen MR) is 112 cm³/mol. The molecule has 0 aliphatic carbocycles. The van der Waals surface area contributed by atoms with E-state index in [1.54, 1.807) is 36.4 Å². The minimum Gasteiger partial charge on any atom is -0.494 e. The third-order valence-corrected chi connectivity index (χ3v) is 6.72. The van der Waals surface area contributed by atoms with Crippen LogP contribution in [0.15, 0.2) is 53.4 Å². The smallest absolute Gasteiger partial charge is 0.339 e. The topological polar surface area (TPSA) is 82.1 Å². The van der Waals surface area contributed by atoms with Crippen molar-refractivity contribution in [3.05, 3.63) is 54.1 Å². The highest BCUT2D eigenvalue weighted by Gasteiger charge is 2.30. The molecule has 2 aromatic rings. The molecule has 3 rings (SSSR count). The zero-order valence-electron chi connectivity index (χ0n) is 17.1. The number of sulfonamides is 1. The Morgan fingerprint density at radius 1 is 0.900 bits per heavy atom. The number of piperidine rings is 1. The van der Waals surface area contributed by atoms with Crippen molar-refractivity contribution in [2.45, 2.75) is 31.1 Å². The molecule has 0 unspecified atom stereocenters. The molecule has 0 saturated carbocycles. The first-order valence-corrected chi connectivity index (χ1v) is 11.6. The Kier molecular flexibility index (Phi) is 7.70. The van der Waals surface area contributed by atoms with Gasteiger partial charge in [0.15, 0.2) is 0 Å². The van der Waals surface area contributed by atoms with Crippen molar-refractivity contribution in [1.82, 2.24) is 4.31 Å². The van der Waals surface area contributed by atoms with Gasteiger partial charge < -0.3 is 14.2 Å². The summed E-state index contributed by atoms with van der Waals surface area (Å²) in [5.41, 5.74) is 0.0455. The second-order valence-corrected chi connectivity index (χ2v) is 8.76. The Hall–Kier alpha value is -2.58. The molecule has 0 bridgehead atoms. The first-order valence-electron chi connectivity index (χ1n) is 10.1. The lowest BCUT2D eigenvalue weighted by atomic mass is 10.2. The molecule has 30 heavy (non-hydrogen) atoms. The molecule has 0 amide bonds. The molecular formula is C22H27NO6S. The standard InChI is InChI=1S/C22H27NO6S/c1-2-27-18-10-12-19(13-11-18)28-16-17-29-22(24)20-8-4-5-9-21(20)30(25,26)23-14-6-3-7-15-23/h4-5,8-13H,2-3,6-7,14-17H2,1H3. The fourth-order valence-electron chi connectivity index (χ4n) is 3.27. The summed E-state index contributed by atoms with van der Waals surface area (Å²) in [5, 5.41) is 0. The van der Waals surface area contributed by atoms with Gasteiger partial charge in [-0.1, -0.05) is 18.6 Å². The molecule has 0 spiro atoms. The maximum atomic E-state index is 13.0. The molecule has 2 aromatic carbocycles. The number of benzene rings is 2. The first-order chi connectivity index (χ1) is 14.5. The summed E-state index contributed by atoms with van der Waals surface area (Å²) >= 11 is 0. The zero-order chi connectivity index (χ0) is 21.4. The fraction of sp³-hybridized carbons (Fsp3) is 0.409. The number of rotatable bonds is 9. The molecule has 0 N–H and O–H groups in total. The minimum absolute atomic E-state index is 0.00411. The van der Waals surface area contributed by atoms with Gasteiger partial charge in [0.25, 0.3) is 0 Å². The third-order valence-electron chi connectivity index (χ3n) is 4.76. The van der Waals surface area contributed by atoms with Gasteiger partial charge in [-0.25, -0.2) is 13.2 Å². The van der Waals surface area contributed by atoms with Gasteiger partial charge in [-0.2, -0.15) is 4.31 Å². The van der Waals surface area contributed by atoms with Gasteiger partial charge in [0, 0.05) is 13.1 Å². The maximum Gasteiger partial charge on any atom is 0.339 e.